The van der Waals surface area contributed by atoms with Crippen molar-refractivity contribution in [2.45, 2.75) is 26.4 Å². The summed E-state index contributed by atoms with van der Waals surface area (Å²) in [4.78, 5) is 2.15. The van der Waals surface area contributed by atoms with Crippen LogP contribution in [0, 0.1) is 6.92 Å². The van der Waals surface area contributed by atoms with Gasteiger partial charge in [0, 0.05) is 25.3 Å². The van der Waals surface area contributed by atoms with Gasteiger partial charge in [-0.3, -0.25) is 0 Å². The van der Waals surface area contributed by atoms with Crippen molar-refractivity contribution >= 4 is 5.69 Å². The van der Waals surface area contributed by atoms with Crippen molar-refractivity contribution in [3.8, 4) is 0 Å². The fourth-order valence-electron chi connectivity index (χ4n) is 1.76. The average molecular weight is 222 g/mol. The molecule has 90 valence electrons. The molecule has 3 nitrogen and oxygen atoms in total. The molecule has 0 amide bonds. The third-order valence-electron chi connectivity index (χ3n) is 2.81. The van der Waals surface area contributed by atoms with Gasteiger partial charge in [0.2, 0.25) is 0 Å². The molecule has 0 aromatic heterocycles. The summed E-state index contributed by atoms with van der Waals surface area (Å²) in [6, 6.07) is 8.19. The van der Waals surface area contributed by atoms with Crippen LogP contribution in [0.15, 0.2) is 24.3 Å². The molecule has 1 unspecified atom stereocenters. The minimum absolute atomic E-state index is 0.273. The van der Waals surface area contributed by atoms with E-state index in [2.05, 4.69) is 30.9 Å². The summed E-state index contributed by atoms with van der Waals surface area (Å²) in [5.41, 5.74) is 7.10. The van der Waals surface area contributed by atoms with Gasteiger partial charge in [-0.1, -0.05) is 18.2 Å². The van der Waals surface area contributed by atoms with E-state index >= 15 is 0 Å². The minimum atomic E-state index is -0.835. The van der Waals surface area contributed by atoms with Gasteiger partial charge in [0.15, 0.2) is 0 Å². The van der Waals surface area contributed by atoms with Crippen molar-refractivity contribution in [1.82, 2.24) is 0 Å². The molecule has 0 aliphatic heterocycles. The number of nitrogens with two attached hydrogens (primary N) is 1. The van der Waals surface area contributed by atoms with Crippen molar-refractivity contribution in [2.24, 2.45) is 5.73 Å². The smallest absolute Gasteiger partial charge is 0.0915 e. The Kier molecular flexibility index (Phi) is 4.33. The van der Waals surface area contributed by atoms with E-state index in [0.717, 1.165) is 6.54 Å². The molecule has 0 saturated carbocycles. The van der Waals surface area contributed by atoms with Crippen LogP contribution in [0.3, 0.4) is 0 Å². The predicted molar refractivity (Wildman–Crippen MR) is 68.7 cm³/mol. The molecule has 0 radical (unpaired) electrons. The summed E-state index contributed by atoms with van der Waals surface area (Å²) >= 11 is 0. The lowest BCUT2D eigenvalue weighted by Gasteiger charge is -2.32. The van der Waals surface area contributed by atoms with E-state index in [1.165, 1.54) is 11.3 Å². The Hall–Kier alpha value is -1.06. The Morgan fingerprint density at radius 1 is 1.38 bits per heavy atom. The summed E-state index contributed by atoms with van der Waals surface area (Å²) in [6.07, 6.45) is 0. The fourth-order valence-corrected chi connectivity index (χ4v) is 1.76. The molecule has 1 aromatic rings. The highest BCUT2D eigenvalue weighted by Crippen LogP contribution is 2.20. The molecule has 0 heterocycles. The third kappa shape index (κ3) is 3.22. The molecule has 3 heteroatoms. The quantitative estimate of drug-likeness (QED) is 0.794. The first-order valence-electron chi connectivity index (χ1n) is 5.73. The SMILES string of the molecule is CCN(CC(C)(O)CN)c1ccccc1C. The summed E-state index contributed by atoms with van der Waals surface area (Å²) < 4.78 is 0. The van der Waals surface area contributed by atoms with Crippen LogP contribution >= 0.6 is 0 Å². The zero-order valence-electron chi connectivity index (χ0n) is 10.4. The number of benzene rings is 1. The molecule has 0 aliphatic rings. The van der Waals surface area contributed by atoms with Crippen LogP contribution in [0.25, 0.3) is 0 Å². The highest BCUT2D eigenvalue weighted by molar-refractivity contribution is 5.53. The number of rotatable bonds is 5. The zero-order valence-corrected chi connectivity index (χ0v) is 10.4. The molecule has 3 N–H and O–H groups in total. The maximum absolute atomic E-state index is 10.0. The highest BCUT2D eigenvalue weighted by atomic mass is 16.3. The van der Waals surface area contributed by atoms with E-state index in [-0.39, 0.29) is 6.54 Å². The van der Waals surface area contributed by atoms with E-state index in [4.69, 9.17) is 5.73 Å². The average Bonchev–Trinajstić information content (AvgIpc) is 2.27. The Labute approximate surface area is 97.9 Å². The van der Waals surface area contributed by atoms with Crippen molar-refractivity contribution in [1.29, 1.82) is 0 Å². The molecule has 0 fully saturated rings. The molecule has 1 atom stereocenters. The Morgan fingerprint density at radius 2 is 2.00 bits per heavy atom. The van der Waals surface area contributed by atoms with Gasteiger partial charge in [-0.05, 0) is 32.4 Å². The number of hydrogen-bond donors (Lipinski definition) is 2. The first-order chi connectivity index (χ1) is 7.50. The van der Waals surface area contributed by atoms with Gasteiger partial charge in [0.05, 0.1) is 5.60 Å². The summed E-state index contributed by atoms with van der Waals surface area (Å²) in [5.74, 6) is 0. The van der Waals surface area contributed by atoms with E-state index in [0.29, 0.717) is 6.54 Å². The number of likely N-dealkylation sites (N-methyl/N-ethyl adjacent to an activating group) is 1. The normalized spacial score (nSPS) is 14.6. The van der Waals surface area contributed by atoms with Crippen molar-refractivity contribution in [2.75, 3.05) is 24.5 Å². The van der Waals surface area contributed by atoms with Crippen LogP contribution in [-0.2, 0) is 0 Å². The number of anilines is 1. The molecular weight excluding hydrogens is 200 g/mol. The largest absolute Gasteiger partial charge is 0.387 e. The number of nitrogens with zero attached hydrogens (tertiary/aromatic N) is 1. The molecule has 0 bridgehead atoms. The zero-order chi connectivity index (χ0) is 12.2. The molecule has 0 spiro atoms. The molecule has 16 heavy (non-hydrogen) atoms. The van der Waals surface area contributed by atoms with Crippen LogP contribution in [-0.4, -0.2) is 30.3 Å². The summed E-state index contributed by atoms with van der Waals surface area (Å²) in [7, 11) is 0. The van der Waals surface area contributed by atoms with Gasteiger partial charge < -0.3 is 15.7 Å². The second kappa shape index (κ2) is 5.32. The number of para-hydroxylation sites is 1. The Morgan fingerprint density at radius 3 is 2.50 bits per heavy atom. The predicted octanol–water partition coefficient (Wildman–Crippen LogP) is 1.53. The lowest BCUT2D eigenvalue weighted by molar-refractivity contribution is 0.0762. The number of hydrogen-bond acceptors (Lipinski definition) is 3. The first kappa shape index (κ1) is 13.0. The van der Waals surface area contributed by atoms with Gasteiger partial charge in [0.25, 0.3) is 0 Å². The van der Waals surface area contributed by atoms with E-state index in [9.17, 15) is 5.11 Å². The summed E-state index contributed by atoms with van der Waals surface area (Å²) in [5, 5.41) is 10.0. The van der Waals surface area contributed by atoms with Crippen LogP contribution < -0.4 is 10.6 Å². The van der Waals surface area contributed by atoms with Gasteiger partial charge in [-0.15, -0.1) is 0 Å². The van der Waals surface area contributed by atoms with Crippen molar-refractivity contribution in [3.63, 3.8) is 0 Å². The van der Waals surface area contributed by atoms with E-state index < -0.39 is 5.60 Å². The first-order valence-corrected chi connectivity index (χ1v) is 5.73. The van der Waals surface area contributed by atoms with Crippen LogP contribution in [0.2, 0.25) is 0 Å². The Bertz CT molecular complexity index is 336. The second-order valence-corrected chi connectivity index (χ2v) is 4.50. The molecule has 1 aromatic carbocycles. The van der Waals surface area contributed by atoms with Crippen LogP contribution in [0.4, 0.5) is 5.69 Å². The lowest BCUT2D eigenvalue weighted by atomic mass is 10.1. The molecule has 1 rings (SSSR count). The minimum Gasteiger partial charge on any atom is -0.387 e. The van der Waals surface area contributed by atoms with Gasteiger partial charge >= 0.3 is 0 Å². The van der Waals surface area contributed by atoms with Crippen molar-refractivity contribution < 1.29 is 5.11 Å². The van der Waals surface area contributed by atoms with Gasteiger partial charge in [-0.2, -0.15) is 0 Å². The highest BCUT2D eigenvalue weighted by Gasteiger charge is 2.22. The second-order valence-electron chi connectivity index (χ2n) is 4.50. The number of aryl methyl sites for hydroxylation is 1. The maximum atomic E-state index is 10.0. The lowest BCUT2D eigenvalue weighted by Crippen LogP contribution is -2.46. The number of aliphatic hydroxyl groups is 1. The van der Waals surface area contributed by atoms with Crippen LogP contribution in [0.5, 0.6) is 0 Å². The molecule has 0 aliphatic carbocycles. The molecule has 0 saturated heterocycles. The topological polar surface area (TPSA) is 49.5 Å². The standard InChI is InChI=1S/C13H22N2O/c1-4-15(10-13(3,16)9-14)12-8-6-5-7-11(12)2/h5-8,16H,4,9-10,14H2,1-3H3. The molecular formula is C13H22N2O. The Balaban J connectivity index is 2.87. The summed E-state index contributed by atoms with van der Waals surface area (Å²) in [6.45, 7) is 7.63. The third-order valence-corrected chi connectivity index (χ3v) is 2.81. The fraction of sp³-hybridized carbons (Fsp3) is 0.538. The maximum Gasteiger partial charge on any atom is 0.0915 e. The van der Waals surface area contributed by atoms with Gasteiger partial charge in [-0.25, -0.2) is 0 Å². The van der Waals surface area contributed by atoms with Crippen LogP contribution in [0.1, 0.15) is 19.4 Å². The van der Waals surface area contributed by atoms with E-state index in [1.54, 1.807) is 6.92 Å². The van der Waals surface area contributed by atoms with Gasteiger partial charge in [0.1, 0.15) is 0 Å². The monoisotopic (exact) mass is 222 g/mol. The van der Waals surface area contributed by atoms with Crippen molar-refractivity contribution in [3.05, 3.63) is 29.8 Å². The van der Waals surface area contributed by atoms with E-state index in [1.807, 2.05) is 12.1 Å².